The second-order valence-electron chi connectivity index (χ2n) is 8.52. The summed E-state index contributed by atoms with van der Waals surface area (Å²) in [6.45, 7) is 1.81. The van der Waals surface area contributed by atoms with Crippen LogP contribution in [0.15, 0.2) is 71.6 Å². The second kappa shape index (κ2) is 9.58. The first kappa shape index (κ1) is 23.2. The van der Waals surface area contributed by atoms with E-state index in [-0.39, 0.29) is 22.5 Å². The minimum absolute atomic E-state index is 0.0572. The maximum Gasteiger partial charge on any atom is 0.261 e. The Kier molecular flexibility index (Phi) is 6.34. The smallest absolute Gasteiger partial charge is 0.261 e. The lowest BCUT2D eigenvalue weighted by atomic mass is 10.0. The number of para-hydroxylation sites is 1. The Balaban J connectivity index is 1.34. The zero-order valence-corrected chi connectivity index (χ0v) is 19.8. The summed E-state index contributed by atoms with van der Waals surface area (Å²) < 4.78 is 53.0. The molecule has 2 aliphatic rings. The lowest BCUT2D eigenvalue weighted by Crippen LogP contribution is -2.30. The van der Waals surface area contributed by atoms with Crippen LogP contribution in [0.3, 0.4) is 0 Å². The molecule has 2 aliphatic heterocycles. The average molecular weight is 497 g/mol. The topological polar surface area (TPSA) is 84.9 Å². The molecule has 1 N–H and O–H groups in total. The molecule has 0 aliphatic carbocycles. The van der Waals surface area contributed by atoms with Gasteiger partial charge < -0.3 is 14.4 Å². The van der Waals surface area contributed by atoms with Crippen molar-refractivity contribution in [3.05, 3.63) is 83.7 Å². The third-order valence-corrected chi connectivity index (χ3v) is 7.58. The minimum atomic E-state index is -4.00. The Morgan fingerprint density at radius 3 is 2.46 bits per heavy atom. The quantitative estimate of drug-likeness (QED) is 0.550. The number of nitrogens with one attached hydrogen (secondary N) is 1. The van der Waals surface area contributed by atoms with Gasteiger partial charge in [-0.05, 0) is 66.9 Å². The average Bonchev–Trinajstić information content (AvgIpc) is 3.23. The maximum absolute atomic E-state index is 13.9. The number of benzene rings is 3. The largest absolute Gasteiger partial charge is 0.490 e. The summed E-state index contributed by atoms with van der Waals surface area (Å²) in [5, 5.41) is 0. The number of sulfonamides is 1. The van der Waals surface area contributed by atoms with Crippen LogP contribution in [-0.4, -0.2) is 39.0 Å². The van der Waals surface area contributed by atoms with Crippen molar-refractivity contribution in [2.45, 2.75) is 30.2 Å². The normalized spacial score (nSPS) is 17.6. The summed E-state index contributed by atoms with van der Waals surface area (Å²) in [4.78, 5) is 15.1. The molecule has 0 spiro atoms. The van der Waals surface area contributed by atoms with Crippen LogP contribution in [0.1, 0.15) is 41.2 Å². The highest BCUT2D eigenvalue weighted by Gasteiger charge is 2.31. The number of carbonyl (C=O) groups is 1. The predicted octanol–water partition coefficient (Wildman–Crippen LogP) is 4.77. The van der Waals surface area contributed by atoms with E-state index >= 15 is 0 Å². The molecule has 182 valence electrons. The molecule has 1 fully saturated rings. The third-order valence-electron chi connectivity index (χ3n) is 6.20. The Hall–Kier alpha value is -3.59. The third kappa shape index (κ3) is 4.81. The van der Waals surface area contributed by atoms with Gasteiger partial charge >= 0.3 is 0 Å². The highest BCUT2D eigenvalue weighted by atomic mass is 32.2. The molecule has 5 rings (SSSR count). The summed E-state index contributed by atoms with van der Waals surface area (Å²) in [6.07, 6.45) is 2.51. The van der Waals surface area contributed by atoms with Crippen molar-refractivity contribution in [3.8, 4) is 11.5 Å². The van der Waals surface area contributed by atoms with E-state index in [1.807, 2.05) is 18.2 Å². The predicted molar refractivity (Wildman–Crippen MR) is 129 cm³/mol. The van der Waals surface area contributed by atoms with E-state index in [2.05, 4.69) is 4.72 Å². The number of hydrogen-bond donors (Lipinski definition) is 1. The summed E-state index contributed by atoms with van der Waals surface area (Å²) in [5.41, 5.74) is 1.23. The molecule has 2 heterocycles. The Morgan fingerprint density at radius 2 is 1.69 bits per heavy atom. The molecule has 0 saturated carbocycles. The van der Waals surface area contributed by atoms with Gasteiger partial charge in [0.2, 0.25) is 0 Å². The van der Waals surface area contributed by atoms with Gasteiger partial charge in [0.25, 0.3) is 15.9 Å². The summed E-state index contributed by atoms with van der Waals surface area (Å²) in [7, 11) is -4.00. The van der Waals surface area contributed by atoms with Gasteiger partial charge in [0.15, 0.2) is 11.5 Å². The maximum atomic E-state index is 13.9. The molecule has 1 saturated heterocycles. The fourth-order valence-electron chi connectivity index (χ4n) is 4.43. The highest BCUT2D eigenvalue weighted by molar-refractivity contribution is 7.92. The van der Waals surface area contributed by atoms with Crippen LogP contribution >= 0.6 is 0 Å². The molecule has 7 nitrogen and oxygen atoms in total. The number of anilines is 1. The molecule has 1 unspecified atom stereocenters. The molecule has 0 radical (unpaired) electrons. The molecule has 9 heteroatoms. The first-order valence-corrected chi connectivity index (χ1v) is 13.0. The number of rotatable bonds is 5. The molecule has 35 heavy (non-hydrogen) atoms. The van der Waals surface area contributed by atoms with Gasteiger partial charge in [-0.2, -0.15) is 0 Å². The van der Waals surface area contributed by atoms with Crippen molar-refractivity contribution in [3.63, 3.8) is 0 Å². The van der Waals surface area contributed by atoms with Gasteiger partial charge in [0.05, 0.1) is 29.8 Å². The van der Waals surface area contributed by atoms with E-state index in [9.17, 15) is 17.6 Å². The Morgan fingerprint density at radius 1 is 0.943 bits per heavy atom. The van der Waals surface area contributed by atoms with E-state index in [0.29, 0.717) is 36.8 Å². The van der Waals surface area contributed by atoms with E-state index in [1.54, 1.807) is 11.0 Å². The lowest BCUT2D eigenvalue weighted by Gasteiger charge is -2.26. The standard InChI is InChI=1S/C26H25FN2O5S/c27-21-5-1-2-6-22(21)28-35(31,32)20-11-8-18(9-12-20)26(30)29-14-3-7-23(29)19-10-13-24-25(17-19)34-16-4-15-33-24/h1-2,5-6,8-13,17,23,28H,3-4,7,14-16H2. The zero-order valence-electron chi connectivity index (χ0n) is 18.9. The van der Waals surface area contributed by atoms with Crippen LogP contribution in [0.25, 0.3) is 0 Å². The number of hydrogen-bond acceptors (Lipinski definition) is 5. The van der Waals surface area contributed by atoms with Crippen LogP contribution in [-0.2, 0) is 10.0 Å². The van der Waals surface area contributed by atoms with Crippen LogP contribution in [0, 0.1) is 5.82 Å². The minimum Gasteiger partial charge on any atom is -0.490 e. The number of fused-ring (bicyclic) bond motifs is 1. The fourth-order valence-corrected chi connectivity index (χ4v) is 5.50. The number of amides is 1. The number of likely N-dealkylation sites (tertiary alicyclic amines) is 1. The van der Waals surface area contributed by atoms with Gasteiger partial charge in [0, 0.05) is 18.5 Å². The van der Waals surface area contributed by atoms with E-state index in [0.717, 1.165) is 24.8 Å². The van der Waals surface area contributed by atoms with Crippen molar-refractivity contribution < 1.29 is 27.1 Å². The van der Waals surface area contributed by atoms with Crippen molar-refractivity contribution in [1.82, 2.24) is 4.90 Å². The van der Waals surface area contributed by atoms with Crippen molar-refractivity contribution in [2.75, 3.05) is 24.5 Å². The monoisotopic (exact) mass is 496 g/mol. The van der Waals surface area contributed by atoms with Gasteiger partial charge in [0.1, 0.15) is 5.82 Å². The van der Waals surface area contributed by atoms with E-state index in [4.69, 9.17) is 9.47 Å². The van der Waals surface area contributed by atoms with Crippen molar-refractivity contribution >= 4 is 21.6 Å². The molecular formula is C26H25FN2O5S. The lowest BCUT2D eigenvalue weighted by molar-refractivity contribution is 0.0735. The SMILES string of the molecule is O=C(c1ccc(S(=O)(=O)Nc2ccccc2F)cc1)N1CCCC1c1ccc2c(c1)OCCCO2. The number of carbonyl (C=O) groups excluding carboxylic acids is 1. The molecule has 0 aromatic heterocycles. The van der Waals surface area contributed by atoms with Crippen LogP contribution in [0.2, 0.25) is 0 Å². The van der Waals surface area contributed by atoms with Gasteiger partial charge in [-0.3, -0.25) is 9.52 Å². The summed E-state index contributed by atoms with van der Waals surface area (Å²) in [5.74, 6) is 0.558. The first-order chi connectivity index (χ1) is 16.9. The molecule has 1 atom stereocenters. The van der Waals surface area contributed by atoms with E-state index < -0.39 is 15.8 Å². The summed E-state index contributed by atoms with van der Waals surface area (Å²) >= 11 is 0. The molecule has 3 aromatic carbocycles. The molecular weight excluding hydrogens is 471 g/mol. The first-order valence-electron chi connectivity index (χ1n) is 11.5. The zero-order chi connectivity index (χ0) is 24.4. The van der Waals surface area contributed by atoms with Crippen LogP contribution in [0.5, 0.6) is 11.5 Å². The fraction of sp³-hybridized carbons (Fsp3) is 0.269. The Bertz CT molecular complexity index is 1340. The molecule has 3 aromatic rings. The van der Waals surface area contributed by atoms with Crippen molar-refractivity contribution in [2.24, 2.45) is 0 Å². The van der Waals surface area contributed by atoms with Crippen molar-refractivity contribution in [1.29, 1.82) is 0 Å². The van der Waals surface area contributed by atoms with Gasteiger partial charge in [-0.15, -0.1) is 0 Å². The number of halogens is 1. The van der Waals surface area contributed by atoms with E-state index in [1.165, 1.54) is 42.5 Å². The highest BCUT2D eigenvalue weighted by Crippen LogP contribution is 2.38. The Labute approximate surface area is 203 Å². The summed E-state index contributed by atoms with van der Waals surface area (Å²) in [6, 6.07) is 16.9. The van der Waals surface area contributed by atoms with Crippen LogP contribution < -0.4 is 14.2 Å². The van der Waals surface area contributed by atoms with Gasteiger partial charge in [-0.1, -0.05) is 18.2 Å². The van der Waals surface area contributed by atoms with Crippen LogP contribution in [0.4, 0.5) is 10.1 Å². The van der Waals surface area contributed by atoms with Gasteiger partial charge in [-0.25, -0.2) is 12.8 Å². The molecule has 0 bridgehead atoms. The second-order valence-corrected chi connectivity index (χ2v) is 10.2. The number of nitrogens with zero attached hydrogens (tertiary/aromatic N) is 1. The number of ether oxygens (including phenoxy) is 2. The molecule has 1 amide bonds.